The van der Waals surface area contributed by atoms with Crippen LogP contribution >= 0.6 is 11.3 Å². The van der Waals surface area contributed by atoms with Crippen LogP contribution in [-0.4, -0.2) is 5.11 Å². The summed E-state index contributed by atoms with van der Waals surface area (Å²) in [5, 5.41) is 12.7. The number of aliphatic hydroxyl groups excluding tert-OH is 1. The third-order valence-corrected chi connectivity index (χ3v) is 4.77. The average molecular weight is 258 g/mol. The van der Waals surface area contributed by atoms with Gasteiger partial charge in [-0.05, 0) is 54.3 Å². The van der Waals surface area contributed by atoms with Gasteiger partial charge in [-0.1, -0.05) is 24.3 Å². The van der Waals surface area contributed by atoms with Crippen molar-refractivity contribution >= 4 is 11.3 Å². The molecule has 2 aromatic rings. The van der Waals surface area contributed by atoms with Crippen molar-refractivity contribution in [3.05, 3.63) is 57.3 Å². The molecule has 2 atom stereocenters. The van der Waals surface area contributed by atoms with Gasteiger partial charge in [0.1, 0.15) is 0 Å². The van der Waals surface area contributed by atoms with Gasteiger partial charge in [0.25, 0.3) is 0 Å². The van der Waals surface area contributed by atoms with Crippen LogP contribution in [0, 0.1) is 6.92 Å². The van der Waals surface area contributed by atoms with E-state index in [4.69, 9.17) is 0 Å². The summed E-state index contributed by atoms with van der Waals surface area (Å²) in [6.07, 6.45) is 3.08. The topological polar surface area (TPSA) is 20.2 Å². The van der Waals surface area contributed by atoms with Gasteiger partial charge in [-0.25, -0.2) is 0 Å². The Morgan fingerprint density at radius 3 is 2.94 bits per heavy atom. The lowest BCUT2D eigenvalue weighted by molar-refractivity contribution is 0.136. The Morgan fingerprint density at radius 1 is 1.33 bits per heavy atom. The molecule has 0 radical (unpaired) electrons. The SMILES string of the molecule is Cc1cc(C(O)C2CCCc3ccccc32)cs1. The lowest BCUT2D eigenvalue weighted by Crippen LogP contribution is -2.16. The number of hydrogen-bond acceptors (Lipinski definition) is 2. The molecule has 1 heterocycles. The maximum atomic E-state index is 10.6. The van der Waals surface area contributed by atoms with Crippen LogP contribution in [0.2, 0.25) is 0 Å². The first-order valence-electron chi connectivity index (χ1n) is 6.56. The van der Waals surface area contributed by atoms with E-state index in [1.165, 1.54) is 22.4 Å². The molecule has 1 nitrogen and oxygen atoms in total. The summed E-state index contributed by atoms with van der Waals surface area (Å²) in [4.78, 5) is 1.27. The predicted octanol–water partition coefficient (Wildman–Crippen LogP) is 4.21. The van der Waals surface area contributed by atoms with Gasteiger partial charge in [0.2, 0.25) is 0 Å². The molecule has 94 valence electrons. The predicted molar refractivity (Wildman–Crippen MR) is 76.1 cm³/mol. The highest BCUT2D eigenvalue weighted by Gasteiger charge is 2.27. The Bertz CT molecular complexity index is 544. The summed E-state index contributed by atoms with van der Waals surface area (Å²) in [6, 6.07) is 10.7. The van der Waals surface area contributed by atoms with Gasteiger partial charge in [0.05, 0.1) is 6.10 Å². The zero-order chi connectivity index (χ0) is 12.5. The number of aryl methyl sites for hydroxylation is 2. The van der Waals surface area contributed by atoms with Gasteiger partial charge in [-0.15, -0.1) is 11.3 Å². The fraction of sp³-hybridized carbons (Fsp3) is 0.375. The van der Waals surface area contributed by atoms with Crippen LogP contribution in [0.25, 0.3) is 0 Å². The zero-order valence-electron chi connectivity index (χ0n) is 10.6. The molecule has 0 spiro atoms. The van der Waals surface area contributed by atoms with Crippen LogP contribution in [0.1, 0.15) is 46.4 Å². The molecule has 2 heteroatoms. The first kappa shape index (κ1) is 11.9. The fourth-order valence-electron chi connectivity index (χ4n) is 2.97. The second-order valence-corrected chi connectivity index (χ2v) is 6.25. The largest absolute Gasteiger partial charge is 0.388 e. The van der Waals surface area contributed by atoms with E-state index >= 15 is 0 Å². The highest BCUT2D eigenvalue weighted by atomic mass is 32.1. The summed E-state index contributed by atoms with van der Waals surface area (Å²) >= 11 is 1.72. The Balaban J connectivity index is 1.94. The minimum Gasteiger partial charge on any atom is -0.388 e. The number of aliphatic hydroxyl groups is 1. The van der Waals surface area contributed by atoms with E-state index in [0.717, 1.165) is 18.4 Å². The molecule has 1 aliphatic rings. The van der Waals surface area contributed by atoms with E-state index in [9.17, 15) is 5.11 Å². The Hall–Kier alpha value is -1.12. The van der Waals surface area contributed by atoms with Crippen molar-refractivity contribution in [3.8, 4) is 0 Å². The molecule has 0 amide bonds. The van der Waals surface area contributed by atoms with Gasteiger partial charge < -0.3 is 5.11 Å². The van der Waals surface area contributed by atoms with Crippen LogP contribution < -0.4 is 0 Å². The van der Waals surface area contributed by atoms with Gasteiger partial charge in [0, 0.05) is 10.8 Å². The molecule has 18 heavy (non-hydrogen) atoms. The minimum absolute atomic E-state index is 0.268. The van der Waals surface area contributed by atoms with Crippen molar-refractivity contribution in [1.82, 2.24) is 0 Å². The van der Waals surface area contributed by atoms with Gasteiger partial charge in [-0.3, -0.25) is 0 Å². The van der Waals surface area contributed by atoms with Crippen LogP contribution in [0.5, 0.6) is 0 Å². The summed E-state index contributed by atoms with van der Waals surface area (Å²) in [5.74, 6) is 0.268. The monoisotopic (exact) mass is 258 g/mol. The standard InChI is InChI=1S/C16H18OS/c1-11-9-13(10-18-11)16(17)15-8-4-6-12-5-2-3-7-14(12)15/h2-3,5,7,9-10,15-17H,4,6,8H2,1H3. The van der Waals surface area contributed by atoms with E-state index in [-0.39, 0.29) is 12.0 Å². The average Bonchev–Trinajstić information content (AvgIpc) is 2.84. The number of fused-ring (bicyclic) bond motifs is 1. The molecule has 3 rings (SSSR count). The van der Waals surface area contributed by atoms with E-state index in [0.29, 0.717) is 0 Å². The molecular weight excluding hydrogens is 240 g/mol. The Labute approximate surface area is 112 Å². The van der Waals surface area contributed by atoms with Gasteiger partial charge in [-0.2, -0.15) is 0 Å². The Kier molecular flexibility index (Phi) is 3.23. The van der Waals surface area contributed by atoms with Crippen molar-refractivity contribution in [2.45, 2.75) is 38.2 Å². The number of rotatable bonds is 2. The van der Waals surface area contributed by atoms with Crippen LogP contribution in [0.4, 0.5) is 0 Å². The molecule has 1 N–H and O–H groups in total. The molecule has 0 saturated carbocycles. The normalized spacial score (nSPS) is 20.4. The number of thiophene rings is 1. The van der Waals surface area contributed by atoms with Gasteiger partial charge >= 0.3 is 0 Å². The summed E-state index contributed by atoms with van der Waals surface area (Å²) in [5.41, 5.74) is 3.85. The minimum atomic E-state index is -0.351. The number of benzene rings is 1. The fourth-order valence-corrected chi connectivity index (χ4v) is 3.70. The molecule has 1 aromatic heterocycles. The zero-order valence-corrected chi connectivity index (χ0v) is 11.4. The van der Waals surface area contributed by atoms with E-state index < -0.39 is 0 Å². The van der Waals surface area contributed by atoms with Crippen LogP contribution in [0.15, 0.2) is 35.7 Å². The van der Waals surface area contributed by atoms with Gasteiger partial charge in [0.15, 0.2) is 0 Å². The summed E-state index contributed by atoms with van der Waals surface area (Å²) in [6.45, 7) is 2.09. The van der Waals surface area contributed by atoms with Crippen LogP contribution in [0.3, 0.4) is 0 Å². The second-order valence-electron chi connectivity index (χ2n) is 5.13. The third kappa shape index (κ3) is 2.11. The lowest BCUT2D eigenvalue weighted by Gasteiger charge is -2.29. The maximum absolute atomic E-state index is 10.6. The molecule has 1 aromatic carbocycles. The quantitative estimate of drug-likeness (QED) is 0.855. The third-order valence-electron chi connectivity index (χ3n) is 3.89. The molecule has 0 fully saturated rings. The maximum Gasteiger partial charge on any atom is 0.0866 e. The lowest BCUT2D eigenvalue weighted by atomic mass is 9.78. The molecule has 1 aliphatic carbocycles. The Morgan fingerprint density at radius 2 is 2.17 bits per heavy atom. The summed E-state index contributed by atoms with van der Waals surface area (Å²) in [7, 11) is 0. The van der Waals surface area contributed by atoms with Crippen molar-refractivity contribution in [2.24, 2.45) is 0 Å². The molecule has 0 aliphatic heterocycles. The number of hydrogen-bond donors (Lipinski definition) is 1. The van der Waals surface area contributed by atoms with Crippen molar-refractivity contribution < 1.29 is 5.11 Å². The van der Waals surface area contributed by atoms with E-state index in [1.54, 1.807) is 11.3 Å². The van der Waals surface area contributed by atoms with Crippen molar-refractivity contribution in [1.29, 1.82) is 0 Å². The second kappa shape index (κ2) is 4.87. The highest BCUT2D eigenvalue weighted by Crippen LogP contribution is 2.41. The van der Waals surface area contributed by atoms with Crippen molar-refractivity contribution in [3.63, 3.8) is 0 Å². The molecule has 0 saturated heterocycles. The van der Waals surface area contributed by atoms with Crippen molar-refractivity contribution in [2.75, 3.05) is 0 Å². The summed E-state index contributed by atoms with van der Waals surface area (Å²) < 4.78 is 0. The van der Waals surface area contributed by atoms with E-state index in [2.05, 4.69) is 42.6 Å². The highest BCUT2D eigenvalue weighted by molar-refractivity contribution is 7.10. The molecule has 0 bridgehead atoms. The smallest absolute Gasteiger partial charge is 0.0866 e. The first-order valence-corrected chi connectivity index (χ1v) is 7.44. The van der Waals surface area contributed by atoms with Crippen LogP contribution in [-0.2, 0) is 6.42 Å². The molecular formula is C16H18OS. The molecule has 2 unspecified atom stereocenters. The first-order chi connectivity index (χ1) is 8.75. The van der Waals surface area contributed by atoms with E-state index in [1.807, 2.05) is 0 Å².